The second-order valence-electron chi connectivity index (χ2n) is 9.17. The molecule has 9 heteroatoms. The van der Waals surface area contributed by atoms with Crippen molar-refractivity contribution in [1.82, 2.24) is 19.9 Å². The van der Waals surface area contributed by atoms with Crippen LogP contribution in [0.1, 0.15) is 40.7 Å². The van der Waals surface area contributed by atoms with E-state index in [0.717, 1.165) is 42.7 Å². The highest BCUT2D eigenvalue weighted by molar-refractivity contribution is 6.01. The molecule has 1 aliphatic heterocycles. The molecule has 2 aliphatic rings. The van der Waals surface area contributed by atoms with Gasteiger partial charge in [0, 0.05) is 43.3 Å². The zero-order valence-electron chi connectivity index (χ0n) is 18.6. The van der Waals surface area contributed by atoms with Crippen molar-refractivity contribution < 1.29 is 18.0 Å². The molecule has 1 unspecified atom stereocenters. The monoisotopic (exact) mass is 467 g/mol. The van der Waals surface area contributed by atoms with Crippen LogP contribution in [-0.2, 0) is 6.18 Å². The number of halogens is 3. The SMILES string of the molecule is Cc1cccc(C(=O)N2CC3(CC3)CC2CNc2ccc(C(F)(F)F)cn2)c1-c1ncccn1. The smallest absolute Gasteiger partial charge is 0.368 e. The molecule has 2 fully saturated rings. The van der Waals surface area contributed by atoms with Gasteiger partial charge in [0.2, 0.25) is 0 Å². The van der Waals surface area contributed by atoms with Gasteiger partial charge in [0.25, 0.3) is 5.91 Å². The molecule has 176 valence electrons. The van der Waals surface area contributed by atoms with Crippen molar-refractivity contribution in [2.24, 2.45) is 5.41 Å². The fourth-order valence-corrected chi connectivity index (χ4v) is 4.74. The van der Waals surface area contributed by atoms with Crippen LogP contribution in [-0.4, -0.2) is 44.9 Å². The molecule has 1 atom stereocenters. The normalized spacial score (nSPS) is 18.8. The highest BCUT2D eigenvalue weighted by atomic mass is 19.4. The van der Waals surface area contributed by atoms with E-state index in [9.17, 15) is 18.0 Å². The topological polar surface area (TPSA) is 71.0 Å². The lowest BCUT2D eigenvalue weighted by atomic mass is 9.99. The Hall–Kier alpha value is -3.49. The minimum Gasteiger partial charge on any atom is -0.368 e. The van der Waals surface area contributed by atoms with Gasteiger partial charge in [-0.3, -0.25) is 4.79 Å². The molecule has 3 heterocycles. The van der Waals surface area contributed by atoms with Crippen molar-refractivity contribution in [2.75, 3.05) is 18.4 Å². The fourth-order valence-electron chi connectivity index (χ4n) is 4.74. The average Bonchev–Trinajstić information content (AvgIpc) is 3.48. The molecule has 6 nitrogen and oxygen atoms in total. The van der Waals surface area contributed by atoms with Gasteiger partial charge in [-0.15, -0.1) is 0 Å². The summed E-state index contributed by atoms with van der Waals surface area (Å²) in [5.41, 5.74) is 1.55. The predicted octanol–water partition coefficient (Wildman–Crippen LogP) is 4.97. The van der Waals surface area contributed by atoms with E-state index in [2.05, 4.69) is 20.3 Å². The van der Waals surface area contributed by atoms with Crippen LogP contribution >= 0.6 is 0 Å². The van der Waals surface area contributed by atoms with Crippen molar-refractivity contribution in [3.8, 4) is 11.4 Å². The number of anilines is 1. The fraction of sp³-hybridized carbons (Fsp3) is 0.360. The predicted molar refractivity (Wildman–Crippen MR) is 121 cm³/mol. The summed E-state index contributed by atoms with van der Waals surface area (Å²) in [6.07, 6.45) is 2.72. The second kappa shape index (κ2) is 8.38. The number of amides is 1. The largest absolute Gasteiger partial charge is 0.417 e. The first kappa shape index (κ1) is 22.3. The van der Waals surface area contributed by atoms with E-state index in [1.54, 1.807) is 24.5 Å². The molecule has 5 rings (SSSR count). The third-order valence-electron chi connectivity index (χ3n) is 6.74. The van der Waals surface area contributed by atoms with E-state index in [1.165, 1.54) is 6.07 Å². The van der Waals surface area contributed by atoms with E-state index in [0.29, 0.717) is 30.3 Å². The van der Waals surface area contributed by atoms with Gasteiger partial charge in [0.05, 0.1) is 11.1 Å². The number of pyridine rings is 1. The Morgan fingerprint density at radius 1 is 1.12 bits per heavy atom. The van der Waals surface area contributed by atoms with Crippen LogP contribution in [0.25, 0.3) is 11.4 Å². The van der Waals surface area contributed by atoms with E-state index >= 15 is 0 Å². The lowest BCUT2D eigenvalue weighted by Gasteiger charge is -2.26. The molecule has 1 saturated carbocycles. The van der Waals surface area contributed by atoms with E-state index in [1.807, 2.05) is 24.0 Å². The summed E-state index contributed by atoms with van der Waals surface area (Å²) in [4.78, 5) is 28.3. The first-order valence-corrected chi connectivity index (χ1v) is 11.2. The van der Waals surface area contributed by atoms with Crippen LogP contribution in [0.5, 0.6) is 0 Å². The minimum absolute atomic E-state index is 0.0814. The lowest BCUT2D eigenvalue weighted by molar-refractivity contribution is -0.137. The minimum atomic E-state index is -4.42. The molecule has 2 aromatic heterocycles. The molecule has 1 N–H and O–H groups in total. The molecule has 1 saturated heterocycles. The second-order valence-corrected chi connectivity index (χ2v) is 9.17. The molecular weight excluding hydrogens is 443 g/mol. The summed E-state index contributed by atoms with van der Waals surface area (Å²) in [5, 5.41) is 3.13. The third-order valence-corrected chi connectivity index (χ3v) is 6.74. The van der Waals surface area contributed by atoms with Gasteiger partial charge < -0.3 is 10.2 Å². The molecule has 1 aromatic carbocycles. The zero-order valence-corrected chi connectivity index (χ0v) is 18.6. The number of benzene rings is 1. The number of rotatable bonds is 5. The van der Waals surface area contributed by atoms with Crippen molar-refractivity contribution in [2.45, 2.75) is 38.4 Å². The summed E-state index contributed by atoms with van der Waals surface area (Å²) in [6, 6.07) is 9.57. The third kappa shape index (κ3) is 4.34. The molecule has 0 radical (unpaired) electrons. The number of hydrogen-bond donors (Lipinski definition) is 1. The maximum Gasteiger partial charge on any atom is 0.417 e. The maximum atomic E-state index is 13.8. The lowest BCUT2D eigenvalue weighted by Crippen LogP contribution is -2.40. The summed E-state index contributed by atoms with van der Waals surface area (Å²) in [6.45, 7) is 3.01. The number of likely N-dealkylation sites (tertiary alicyclic amines) is 1. The first-order chi connectivity index (χ1) is 16.3. The summed E-state index contributed by atoms with van der Waals surface area (Å²) >= 11 is 0. The van der Waals surface area contributed by atoms with Crippen LogP contribution in [0.15, 0.2) is 55.0 Å². The van der Waals surface area contributed by atoms with Crippen LogP contribution < -0.4 is 5.32 Å². The number of aromatic nitrogens is 3. The number of hydrogen-bond acceptors (Lipinski definition) is 5. The van der Waals surface area contributed by atoms with Gasteiger partial charge >= 0.3 is 6.18 Å². The van der Waals surface area contributed by atoms with Crippen molar-refractivity contribution >= 4 is 11.7 Å². The summed E-state index contributed by atoms with van der Waals surface area (Å²) in [7, 11) is 0. The number of carbonyl (C=O) groups is 1. The van der Waals surface area contributed by atoms with Crippen LogP contribution in [0, 0.1) is 12.3 Å². The maximum absolute atomic E-state index is 13.8. The highest BCUT2D eigenvalue weighted by Gasteiger charge is 2.53. The Bertz CT molecular complexity index is 1190. The Balaban J connectivity index is 1.38. The highest BCUT2D eigenvalue weighted by Crippen LogP contribution is 2.55. The summed E-state index contributed by atoms with van der Waals surface area (Å²) in [5.74, 6) is 0.779. The van der Waals surface area contributed by atoms with Gasteiger partial charge in [0.1, 0.15) is 5.82 Å². The first-order valence-electron chi connectivity index (χ1n) is 11.2. The number of nitrogens with zero attached hydrogens (tertiary/aromatic N) is 4. The summed E-state index contributed by atoms with van der Waals surface area (Å²) < 4.78 is 38.4. The van der Waals surface area contributed by atoms with Crippen molar-refractivity contribution in [3.05, 3.63) is 71.7 Å². The Kier molecular flexibility index (Phi) is 5.50. The van der Waals surface area contributed by atoms with E-state index in [4.69, 9.17) is 0 Å². The zero-order chi connectivity index (χ0) is 23.9. The van der Waals surface area contributed by atoms with E-state index in [-0.39, 0.29) is 17.4 Å². The van der Waals surface area contributed by atoms with Crippen molar-refractivity contribution in [1.29, 1.82) is 0 Å². The van der Waals surface area contributed by atoms with Gasteiger partial charge in [-0.1, -0.05) is 12.1 Å². The number of aryl methyl sites for hydroxylation is 1. The molecule has 34 heavy (non-hydrogen) atoms. The van der Waals surface area contributed by atoms with Gasteiger partial charge in [0.15, 0.2) is 5.82 Å². The van der Waals surface area contributed by atoms with Crippen LogP contribution in [0.4, 0.5) is 19.0 Å². The van der Waals surface area contributed by atoms with Crippen LogP contribution in [0.3, 0.4) is 0 Å². The number of alkyl halides is 3. The van der Waals surface area contributed by atoms with E-state index < -0.39 is 11.7 Å². The average molecular weight is 467 g/mol. The molecule has 1 aliphatic carbocycles. The van der Waals surface area contributed by atoms with Gasteiger partial charge in [-0.25, -0.2) is 15.0 Å². The molecular formula is C25H24F3N5O. The quantitative estimate of drug-likeness (QED) is 0.574. The van der Waals surface area contributed by atoms with Gasteiger partial charge in [-0.2, -0.15) is 13.2 Å². The standard InChI is InChI=1S/C25H24F3N5O/c1-16-4-2-5-19(21(16)22-29-10-3-11-30-22)23(34)33-15-24(8-9-24)12-18(33)14-32-20-7-6-17(13-31-20)25(26,27)28/h2-7,10-11,13,18H,8-9,12,14-15H2,1H3,(H,31,32). The van der Waals surface area contributed by atoms with Gasteiger partial charge in [-0.05, 0) is 61.4 Å². The molecule has 1 amide bonds. The molecule has 0 bridgehead atoms. The number of nitrogens with one attached hydrogen (secondary N) is 1. The van der Waals surface area contributed by atoms with Crippen LogP contribution in [0.2, 0.25) is 0 Å². The molecule has 1 spiro atoms. The molecule has 3 aromatic rings. The van der Waals surface area contributed by atoms with Crippen molar-refractivity contribution in [3.63, 3.8) is 0 Å². The number of carbonyl (C=O) groups excluding carboxylic acids is 1. The Morgan fingerprint density at radius 3 is 2.53 bits per heavy atom. The Morgan fingerprint density at radius 2 is 1.88 bits per heavy atom. The Labute approximate surface area is 195 Å².